The number of unbranched alkanes of at least 4 members (excludes halogenated alkanes) is 1. The third-order valence-electron chi connectivity index (χ3n) is 4.68. The number of hydrogen-bond donors (Lipinski definition) is 3. The van der Waals surface area contributed by atoms with Gasteiger partial charge < -0.3 is 15.5 Å². The maximum Gasteiger partial charge on any atom is 0.257 e. The zero-order chi connectivity index (χ0) is 22.1. The van der Waals surface area contributed by atoms with Crippen molar-refractivity contribution in [2.45, 2.75) is 33.1 Å². The van der Waals surface area contributed by atoms with E-state index in [0.717, 1.165) is 41.9 Å². The van der Waals surface area contributed by atoms with Crippen molar-refractivity contribution in [1.82, 2.24) is 10.2 Å². The molecular weight excluding hydrogens is 396 g/mol. The quantitative estimate of drug-likeness (QED) is 0.438. The summed E-state index contributed by atoms with van der Waals surface area (Å²) in [7, 11) is 4.05. The minimum Gasteiger partial charge on any atom is -0.332 e. The van der Waals surface area contributed by atoms with Gasteiger partial charge in [0.15, 0.2) is 5.11 Å². The van der Waals surface area contributed by atoms with E-state index in [-0.39, 0.29) is 16.9 Å². The Hall–Kier alpha value is -2.77. The Morgan fingerprint density at radius 1 is 0.900 bits per heavy atom. The van der Waals surface area contributed by atoms with E-state index >= 15 is 0 Å². The van der Waals surface area contributed by atoms with Crippen LogP contribution in [0.5, 0.6) is 0 Å². The van der Waals surface area contributed by atoms with Crippen LogP contribution in [0.15, 0.2) is 42.5 Å². The molecule has 7 heteroatoms. The van der Waals surface area contributed by atoms with Crippen LogP contribution in [-0.2, 0) is 4.79 Å². The molecule has 0 fully saturated rings. The number of carbonyl (C=O) groups is 2. The first-order chi connectivity index (χ1) is 14.2. The fourth-order valence-electron chi connectivity index (χ4n) is 2.79. The van der Waals surface area contributed by atoms with Gasteiger partial charge in [0.25, 0.3) is 5.91 Å². The number of thiocarbonyl (C=S) groups is 1. The van der Waals surface area contributed by atoms with E-state index in [0.29, 0.717) is 12.0 Å². The molecule has 0 spiro atoms. The number of amides is 2. The van der Waals surface area contributed by atoms with Crippen LogP contribution in [0.1, 0.15) is 40.7 Å². The topological polar surface area (TPSA) is 73.5 Å². The Kier molecular flexibility index (Phi) is 8.95. The molecule has 0 heterocycles. The van der Waals surface area contributed by atoms with Crippen molar-refractivity contribution in [3.8, 4) is 0 Å². The number of hydrogen-bond acceptors (Lipinski definition) is 4. The minimum atomic E-state index is -0.256. The second-order valence-corrected chi connectivity index (χ2v) is 8.00. The minimum absolute atomic E-state index is 0.00522. The van der Waals surface area contributed by atoms with Gasteiger partial charge in [-0.25, -0.2) is 0 Å². The smallest absolute Gasteiger partial charge is 0.257 e. The van der Waals surface area contributed by atoms with Gasteiger partial charge in [0, 0.05) is 23.4 Å². The Bertz CT molecular complexity index is 895. The first-order valence-electron chi connectivity index (χ1n) is 9.99. The Balaban J connectivity index is 1.80. The number of carbonyl (C=O) groups excluding carboxylic acids is 2. The lowest BCUT2D eigenvalue weighted by Gasteiger charge is -2.12. The number of anilines is 2. The molecule has 30 heavy (non-hydrogen) atoms. The molecule has 0 unspecified atom stereocenters. The Morgan fingerprint density at radius 2 is 1.53 bits per heavy atom. The summed E-state index contributed by atoms with van der Waals surface area (Å²) in [6, 6.07) is 12.7. The van der Waals surface area contributed by atoms with Crippen LogP contribution in [0.25, 0.3) is 0 Å². The molecule has 0 aromatic heterocycles. The molecule has 0 radical (unpaired) electrons. The standard InChI is InChI=1S/C23H30N4O2S/c1-16-8-9-18(15-17(16)2)22(29)26-23(30)25-20-12-10-19(11-13-20)24-21(28)7-5-6-14-27(3)4/h8-13,15H,5-7,14H2,1-4H3,(H,24,28)(H2,25,26,29,30). The highest BCUT2D eigenvalue weighted by atomic mass is 32.1. The molecule has 2 aromatic rings. The molecule has 0 bridgehead atoms. The summed E-state index contributed by atoms with van der Waals surface area (Å²) >= 11 is 5.23. The fraction of sp³-hybridized carbons (Fsp3) is 0.348. The first kappa shape index (κ1) is 23.5. The highest BCUT2D eigenvalue weighted by Crippen LogP contribution is 2.15. The van der Waals surface area contributed by atoms with Gasteiger partial charge in [0.2, 0.25) is 5.91 Å². The number of aryl methyl sites for hydroxylation is 2. The van der Waals surface area contributed by atoms with Gasteiger partial charge in [-0.1, -0.05) is 6.07 Å². The maximum atomic E-state index is 12.3. The molecule has 0 saturated heterocycles. The lowest BCUT2D eigenvalue weighted by atomic mass is 10.1. The molecule has 0 saturated carbocycles. The zero-order valence-corrected chi connectivity index (χ0v) is 18.9. The highest BCUT2D eigenvalue weighted by molar-refractivity contribution is 7.80. The van der Waals surface area contributed by atoms with Gasteiger partial charge in [0.05, 0.1) is 0 Å². The predicted molar refractivity (Wildman–Crippen MR) is 127 cm³/mol. The van der Waals surface area contributed by atoms with Gasteiger partial charge in [0.1, 0.15) is 0 Å². The average Bonchev–Trinajstić information content (AvgIpc) is 2.68. The second-order valence-electron chi connectivity index (χ2n) is 7.59. The van der Waals surface area contributed by atoms with Crippen molar-refractivity contribution in [3.63, 3.8) is 0 Å². The lowest BCUT2D eigenvalue weighted by molar-refractivity contribution is -0.116. The molecule has 0 atom stereocenters. The summed E-state index contributed by atoms with van der Waals surface area (Å²) in [4.78, 5) is 26.5. The van der Waals surface area contributed by atoms with Crippen molar-refractivity contribution in [2.24, 2.45) is 0 Å². The molecule has 0 aliphatic carbocycles. The van der Waals surface area contributed by atoms with Crippen molar-refractivity contribution in [1.29, 1.82) is 0 Å². The van der Waals surface area contributed by atoms with Crippen molar-refractivity contribution in [2.75, 3.05) is 31.3 Å². The molecule has 160 valence electrons. The molecular formula is C23H30N4O2S. The summed E-state index contributed by atoms with van der Waals surface area (Å²) in [5, 5.41) is 8.78. The Labute approximate surface area is 184 Å². The monoisotopic (exact) mass is 426 g/mol. The molecule has 6 nitrogen and oxygen atoms in total. The van der Waals surface area contributed by atoms with Gasteiger partial charge in [-0.15, -0.1) is 0 Å². The summed E-state index contributed by atoms with van der Waals surface area (Å²) < 4.78 is 0. The number of benzene rings is 2. The van der Waals surface area contributed by atoms with E-state index in [2.05, 4.69) is 20.9 Å². The van der Waals surface area contributed by atoms with Crippen LogP contribution in [0.2, 0.25) is 0 Å². The lowest BCUT2D eigenvalue weighted by Crippen LogP contribution is -2.34. The van der Waals surface area contributed by atoms with Crippen LogP contribution in [-0.4, -0.2) is 42.5 Å². The van der Waals surface area contributed by atoms with Gasteiger partial charge >= 0.3 is 0 Å². The molecule has 0 aliphatic rings. The van der Waals surface area contributed by atoms with E-state index in [1.165, 1.54) is 0 Å². The van der Waals surface area contributed by atoms with Crippen molar-refractivity contribution in [3.05, 3.63) is 59.2 Å². The maximum absolute atomic E-state index is 12.3. The molecule has 3 N–H and O–H groups in total. The van der Waals surface area contributed by atoms with Crippen LogP contribution in [0.3, 0.4) is 0 Å². The van der Waals surface area contributed by atoms with Gasteiger partial charge in [-0.2, -0.15) is 0 Å². The highest BCUT2D eigenvalue weighted by Gasteiger charge is 2.09. The third kappa shape index (κ3) is 7.93. The predicted octanol–water partition coefficient (Wildman–Crippen LogP) is 4.10. The van der Waals surface area contributed by atoms with E-state index in [4.69, 9.17) is 12.2 Å². The number of rotatable bonds is 8. The van der Waals surface area contributed by atoms with Crippen molar-refractivity contribution < 1.29 is 9.59 Å². The SMILES string of the molecule is Cc1ccc(C(=O)NC(=S)Nc2ccc(NC(=O)CCCCN(C)C)cc2)cc1C. The molecule has 2 aromatic carbocycles. The number of nitrogens with one attached hydrogen (secondary N) is 3. The van der Waals surface area contributed by atoms with E-state index < -0.39 is 0 Å². The van der Waals surface area contributed by atoms with E-state index in [1.807, 2.05) is 40.1 Å². The molecule has 2 amide bonds. The van der Waals surface area contributed by atoms with Crippen LogP contribution >= 0.6 is 12.2 Å². The summed E-state index contributed by atoms with van der Waals surface area (Å²) in [5.74, 6) is -0.251. The fourth-order valence-corrected chi connectivity index (χ4v) is 3.00. The van der Waals surface area contributed by atoms with Gasteiger partial charge in [-0.3, -0.25) is 14.9 Å². The number of nitrogens with zero attached hydrogens (tertiary/aromatic N) is 1. The summed E-state index contributed by atoms with van der Waals surface area (Å²) in [6.45, 7) is 4.95. The molecule has 2 rings (SSSR count). The first-order valence-corrected chi connectivity index (χ1v) is 10.4. The van der Waals surface area contributed by atoms with Crippen LogP contribution in [0.4, 0.5) is 11.4 Å². The zero-order valence-electron chi connectivity index (χ0n) is 18.0. The normalized spacial score (nSPS) is 10.6. The summed E-state index contributed by atoms with van der Waals surface area (Å²) in [6.07, 6.45) is 2.36. The average molecular weight is 427 g/mol. The molecule has 0 aliphatic heterocycles. The van der Waals surface area contributed by atoms with Gasteiger partial charge in [-0.05, 0) is 107 Å². The van der Waals surface area contributed by atoms with Crippen molar-refractivity contribution >= 4 is 40.5 Å². The van der Waals surface area contributed by atoms with E-state index in [1.54, 1.807) is 30.3 Å². The Morgan fingerprint density at radius 3 is 2.13 bits per heavy atom. The summed E-state index contributed by atoms with van der Waals surface area (Å²) in [5.41, 5.74) is 4.20. The third-order valence-corrected chi connectivity index (χ3v) is 4.89. The second kappa shape index (κ2) is 11.4. The van der Waals surface area contributed by atoms with Crippen LogP contribution in [0, 0.1) is 13.8 Å². The largest absolute Gasteiger partial charge is 0.332 e. The van der Waals surface area contributed by atoms with Crippen LogP contribution < -0.4 is 16.0 Å². The van der Waals surface area contributed by atoms with E-state index in [9.17, 15) is 9.59 Å².